The number of aromatic nitrogens is 2. The Hall–Kier alpha value is -3.41. The van der Waals surface area contributed by atoms with Gasteiger partial charge < -0.3 is 19.3 Å². The summed E-state index contributed by atoms with van der Waals surface area (Å²) in [6, 6.07) is 7.36. The van der Waals surface area contributed by atoms with Crippen molar-refractivity contribution >= 4 is 21.8 Å². The third kappa shape index (κ3) is 4.17. The van der Waals surface area contributed by atoms with Crippen LogP contribution < -0.4 is 5.56 Å². The molecule has 33 heavy (non-hydrogen) atoms. The fraction of sp³-hybridized carbons (Fsp3) is 0.429. The van der Waals surface area contributed by atoms with E-state index in [0.717, 1.165) is 0 Å². The lowest BCUT2D eigenvalue weighted by atomic mass is 10.1. The molecule has 3 heterocycles. The van der Waals surface area contributed by atoms with E-state index in [0.29, 0.717) is 19.4 Å². The van der Waals surface area contributed by atoms with Gasteiger partial charge in [0.15, 0.2) is 15.5 Å². The summed E-state index contributed by atoms with van der Waals surface area (Å²) in [5.41, 5.74) is -1.22. The summed E-state index contributed by atoms with van der Waals surface area (Å²) in [6.07, 6.45) is 0.631. The number of fused-ring (bicyclic) bond motifs is 1. The molecular weight excluding hydrogens is 452 g/mol. The number of aromatic hydroxyl groups is 1. The largest absolute Gasteiger partial charge is 0.501 e. The number of carbonyl (C=O) groups excluding carboxylic acids is 2. The number of likely N-dealkylation sites (tertiary alicyclic amines) is 1. The van der Waals surface area contributed by atoms with Gasteiger partial charge in [-0.25, -0.2) is 13.2 Å². The number of carbonyl (C=O) groups is 2. The highest BCUT2D eigenvalue weighted by Gasteiger charge is 2.38. The molecule has 11 nitrogen and oxygen atoms in total. The van der Waals surface area contributed by atoms with E-state index in [4.69, 9.17) is 4.74 Å². The molecule has 1 N–H and O–H groups in total. The highest BCUT2D eigenvalue weighted by Crippen LogP contribution is 2.33. The van der Waals surface area contributed by atoms with Gasteiger partial charge in [-0.15, -0.1) is 0 Å². The topological polar surface area (TPSA) is 139 Å². The SMILES string of the molecule is COC(=O)N1CCC[C@H]1c1nc(=O)c(O)c2n1CCN(CCS(=O)(=O)c1ccccc1)C2=O. The van der Waals surface area contributed by atoms with E-state index in [1.165, 1.54) is 33.6 Å². The van der Waals surface area contributed by atoms with Crippen LogP contribution in [0.4, 0.5) is 4.79 Å². The average molecular weight is 477 g/mol. The molecule has 0 aliphatic carbocycles. The molecule has 0 radical (unpaired) electrons. The van der Waals surface area contributed by atoms with Crippen LogP contribution in [-0.2, 0) is 21.1 Å². The van der Waals surface area contributed by atoms with Crippen LogP contribution >= 0.6 is 0 Å². The van der Waals surface area contributed by atoms with Crippen LogP contribution in [0.25, 0.3) is 0 Å². The predicted octanol–water partition coefficient (Wildman–Crippen LogP) is 0.782. The summed E-state index contributed by atoms with van der Waals surface area (Å²) < 4.78 is 31.5. The third-order valence-electron chi connectivity index (χ3n) is 5.96. The molecule has 12 heteroatoms. The first kappa shape index (κ1) is 22.8. The van der Waals surface area contributed by atoms with Gasteiger partial charge in [0.2, 0.25) is 5.75 Å². The van der Waals surface area contributed by atoms with Crippen LogP contribution in [0.15, 0.2) is 40.0 Å². The Morgan fingerprint density at radius 1 is 1.18 bits per heavy atom. The zero-order valence-electron chi connectivity index (χ0n) is 18.0. The fourth-order valence-electron chi connectivity index (χ4n) is 4.29. The molecule has 2 aromatic rings. The molecule has 4 rings (SSSR count). The molecule has 0 spiro atoms. The van der Waals surface area contributed by atoms with E-state index < -0.39 is 39.2 Å². The zero-order valence-corrected chi connectivity index (χ0v) is 18.8. The molecule has 0 bridgehead atoms. The van der Waals surface area contributed by atoms with Crippen LogP contribution in [0.2, 0.25) is 0 Å². The summed E-state index contributed by atoms with van der Waals surface area (Å²) in [5, 5.41) is 10.4. The van der Waals surface area contributed by atoms with Gasteiger partial charge in [0.05, 0.1) is 23.8 Å². The molecule has 0 unspecified atom stereocenters. The Kier molecular flexibility index (Phi) is 6.11. The van der Waals surface area contributed by atoms with Crippen molar-refractivity contribution in [1.82, 2.24) is 19.4 Å². The van der Waals surface area contributed by atoms with E-state index in [2.05, 4.69) is 4.98 Å². The number of benzene rings is 1. The Morgan fingerprint density at radius 3 is 2.61 bits per heavy atom. The van der Waals surface area contributed by atoms with Crippen molar-refractivity contribution in [2.45, 2.75) is 30.3 Å². The van der Waals surface area contributed by atoms with E-state index in [1.807, 2.05) is 0 Å². The van der Waals surface area contributed by atoms with Gasteiger partial charge in [-0.3, -0.25) is 14.5 Å². The first-order chi connectivity index (χ1) is 15.7. The fourth-order valence-corrected chi connectivity index (χ4v) is 5.56. The normalized spacial score (nSPS) is 18.3. The second-order valence-corrected chi connectivity index (χ2v) is 9.98. The molecule has 0 saturated carbocycles. The average Bonchev–Trinajstić information content (AvgIpc) is 3.30. The first-order valence-electron chi connectivity index (χ1n) is 10.5. The number of hydrogen-bond donors (Lipinski definition) is 1. The molecule has 1 atom stereocenters. The van der Waals surface area contributed by atoms with E-state index in [1.54, 1.807) is 18.2 Å². The summed E-state index contributed by atoms with van der Waals surface area (Å²) >= 11 is 0. The standard InChI is InChI=1S/C21H24N4O7S/c1-32-21(29)24-9-5-8-15(24)18-22-19(27)17(26)16-20(28)23(10-11-25(16)18)12-13-33(30,31)14-6-3-2-4-7-14/h2-4,6-7,15,26H,5,8-13H2,1H3/t15-/m0/s1. The lowest BCUT2D eigenvalue weighted by molar-refractivity contribution is 0.0700. The highest BCUT2D eigenvalue weighted by atomic mass is 32.2. The van der Waals surface area contributed by atoms with Crippen molar-refractivity contribution in [3.05, 3.63) is 52.2 Å². The van der Waals surface area contributed by atoms with Crippen molar-refractivity contribution in [1.29, 1.82) is 0 Å². The highest BCUT2D eigenvalue weighted by molar-refractivity contribution is 7.91. The number of hydrogen-bond acceptors (Lipinski definition) is 8. The molecule has 176 valence electrons. The molecule has 1 aromatic carbocycles. The maximum absolute atomic E-state index is 13.2. The minimum atomic E-state index is -3.62. The smallest absolute Gasteiger partial charge is 0.410 e. The monoisotopic (exact) mass is 476 g/mol. The van der Waals surface area contributed by atoms with Crippen molar-refractivity contribution in [2.75, 3.05) is 32.5 Å². The van der Waals surface area contributed by atoms with Crippen LogP contribution in [-0.4, -0.2) is 77.4 Å². The molecule has 2 aliphatic rings. The van der Waals surface area contributed by atoms with Gasteiger partial charge >= 0.3 is 11.7 Å². The maximum Gasteiger partial charge on any atom is 0.410 e. The second-order valence-electron chi connectivity index (χ2n) is 7.87. The van der Waals surface area contributed by atoms with Gasteiger partial charge in [0.25, 0.3) is 5.91 Å². The van der Waals surface area contributed by atoms with Gasteiger partial charge in [0, 0.05) is 26.2 Å². The second kappa shape index (κ2) is 8.85. The summed E-state index contributed by atoms with van der Waals surface area (Å²) in [4.78, 5) is 44.5. The van der Waals surface area contributed by atoms with Crippen molar-refractivity contribution in [2.24, 2.45) is 0 Å². The molecule has 2 aliphatic heterocycles. The quantitative estimate of drug-likeness (QED) is 0.668. The minimum absolute atomic E-state index is 0.0982. The number of sulfone groups is 1. The Labute approximate surface area is 190 Å². The predicted molar refractivity (Wildman–Crippen MR) is 116 cm³/mol. The number of methoxy groups -OCH3 is 1. The van der Waals surface area contributed by atoms with Crippen LogP contribution in [0.3, 0.4) is 0 Å². The summed E-state index contributed by atoms with van der Waals surface area (Å²) in [6.45, 7) is 0.673. The maximum atomic E-state index is 13.2. The molecular formula is C21H24N4O7S. The van der Waals surface area contributed by atoms with E-state index >= 15 is 0 Å². The molecule has 1 aromatic heterocycles. The molecule has 2 amide bonds. The van der Waals surface area contributed by atoms with Gasteiger partial charge in [-0.2, -0.15) is 4.98 Å². The number of amides is 2. The van der Waals surface area contributed by atoms with Crippen LogP contribution in [0.1, 0.15) is 35.2 Å². The van der Waals surface area contributed by atoms with Crippen molar-refractivity contribution < 1.29 is 27.9 Å². The number of nitrogens with zero attached hydrogens (tertiary/aromatic N) is 4. The summed E-state index contributed by atoms with van der Waals surface area (Å²) in [7, 11) is -2.36. The van der Waals surface area contributed by atoms with Crippen LogP contribution in [0, 0.1) is 0 Å². The van der Waals surface area contributed by atoms with Gasteiger partial charge in [0.1, 0.15) is 5.82 Å². The van der Waals surface area contributed by atoms with Gasteiger partial charge in [-0.05, 0) is 25.0 Å². The van der Waals surface area contributed by atoms with Crippen molar-refractivity contribution in [3.63, 3.8) is 0 Å². The first-order valence-corrected chi connectivity index (χ1v) is 12.1. The minimum Gasteiger partial charge on any atom is -0.501 e. The van der Waals surface area contributed by atoms with Crippen molar-refractivity contribution in [3.8, 4) is 5.75 Å². The van der Waals surface area contributed by atoms with Crippen LogP contribution in [0.5, 0.6) is 5.75 Å². The van der Waals surface area contributed by atoms with E-state index in [9.17, 15) is 27.9 Å². The Bertz CT molecular complexity index is 1240. The molecule has 1 fully saturated rings. The summed E-state index contributed by atoms with van der Waals surface area (Å²) in [5.74, 6) is -1.54. The zero-order chi connectivity index (χ0) is 23.8. The van der Waals surface area contributed by atoms with Gasteiger partial charge in [-0.1, -0.05) is 18.2 Å². The third-order valence-corrected chi connectivity index (χ3v) is 7.68. The Morgan fingerprint density at radius 2 is 1.91 bits per heavy atom. The lowest BCUT2D eigenvalue weighted by Crippen LogP contribution is -2.46. The number of ether oxygens (including phenoxy) is 1. The lowest BCUT2D eigenvalue weighted by Gasteiger charge is -2.33. The number of rotatable bonds is 5. The van der Waals surface area contributed by atoms with E-state index in [-0.39, 0.29) is 41.8 Å². The molecule has 1 saturated heterocycles. The Balaban J connectivity index is 1.62.